The van der Waals surface area contributed by atoms with E-state index in [0.717, 1.165) is 37.4 Å². The van der Waals surface area contributed by atoms with Crippen LogP contribution in [0.2, 0.25) is 5.02 Å². The van der Waals surface area contributed by atoms with E-state index < -0.39 is 0 Å². The van der Waals surface area contributed by atoms with Gasteiger partial charge in [0.25, 0.3) is 5.91 Å². The van der Waals surface area contributed by atoms with Crippen molar-refractivity contribution in [2.24, 2.45) is 5.10 Å². The molecule has 162 valence electrons. The lowest BCUT2D eigenvalue weighted by Gasteiger charge is -2.35. The van der Waals surface area contributed by atoms with Crippen molar-refractivity contribution in [3.05, 3.63) is 53.1 Å². The first-order chi connectivity index (χ1) is 14.9. The van der Waals surface area contributed by atoms with E-state index in [1.165, 1.54) is 5.01 Å². The first kappa shape index (κ1) is 21.3. The van der Waals surface area contributed by atoms with Crippen LogP contribution in [0.15, 0.2) is 47.6 Å². The van der Waals surface area contributed by atoms with Crippen molar-refractivity contribution >= 4 is 46.2 Å². The van der Waals surface area contributed by atoms with Gasteiger partial charge in [-0.1, -0.05) is 23.7 Å². The number of hydrogen-bond acceptors (Lipinski definition) is 5. The molecular formula is C23H26ClN5O2. The monoisotopic (exact) mass is 439 g/mol. The third kappa shape index (κ3) is 4.89. The summed E-state index contributed by atoms with van der Waals surface area (Å²) in [7, 11) is 2.10. The lowest BCUT2D eigenvalue weighted by molar-refractivity contribution is -0.118. The number of aryl methyl sites for hydroxylation is 1. The maximum Gasteiger partial charge on any atom is 0.271 e. The SMILES string of the molecule is Cc1cccc(N2N=C(C(=O)Nc3cc(Cl)ccc3N3CCN(C)CC3)CCC2=O)c1. The molecule has 0 aromatic heterocycles. The van der Waals surface area contributed by atoms with E-state index in [0.29, 0.717) is 28.5 Å². The van der Waals surface area contributed by atoms with E-state index in [1.54, 1.807) is 6.07 Å². The quantitative estimate of drug-likeness (QED) is 0.791. The first-order valence-electron chi connectivity index (χ1n) is 10.4. The Balaban J connectivity index is 1.57. The molecule has 0 bridgehead atoms. The average molecular weight is 440 g/mol. The van der Waals surface area contributed by atoms with Gasteiger partial charge in [-0.2, -0.15) is 5.10 Å². The number of rotatable bonds is 4. The Bertz CT molecular complexity index is 1030. The minimum Gasteiger partial charge on any atom is -0.367 e. The molecule has 0 atom stereocenters. The van der Waals surface area contributed by atoms with E-state index in [-0.39, 0.29) is 18.2 Å². The van der Waals surface area contributed by atoms with Crippen LogP contribution in [0.1, 0.15) is 18.4 Å². The van der Waals surface area contributed by atoms with Gasteiger partial charge in [-0.05, 0) is 49.9 Å². The highest BCUT2D eigenvalue weighted by Gasteiger charge is 2.27. The zero-order valence-electron chi connectivity index (χ0n) is 17.8. The van der Waals surface area contributed by atoms with Crippen molar-refractivity contribution in [3.8, 4) is 0 Å². The largest absolute Gasteiger partial charge is 0.367 e. The number of carbonyl (C=O) groups is 2. The van der Waals surface area contributed by atoms with E-state index >= 15 is 0 Å². The predicted octanol–water partition coefficient (Wildman–Crippen LogP) is 3.52. The second-order valence-corrected chi connectivity index (χ2v) is 8.43. The fraction of sp³-hybridized carbons (Fsp3) is 0.348. The molecular weight excluding hydrogens is 414 g/mol. The Morgan fingerprint density at radius 3 is 2.58 bits per heavy atom. The van der Waals surface area contributed by atoms with Gasteiger partial charge < -0.3 is 15.1 Å². The van der Waals surface area contributed by atoms with Gasteiger partial charge in [0.05, 0.1) is 17.1 Å². The van der Waals surface area contributed by atoms with Gasteiger partial charge in [-0.3, -0.25) is 9.59 Å². The standard InChI is InChI=1S/C23H26ClN5O2/c1-16-4-3-5-18(14-16)29-22(30)9-7-19(26-29)23(31)25-20-15-17(24)6-8-21(20)28-12-10-27(2)11-13-28/h3-6,8,14-15H,7,9-13H2,1-2H3,(H,25,31). The summed E-state index contributed by atoms with van der Waals surface area (Å²) < 4.78 is 0. The van der Waals surface area contributed by atoms with Crippen molar-refractivity contribution in [2.45, 2.75) is 19.8 Å². The van der Waals surface area contributed by atoms with E-state index in [1.807, 2.05) is 43.3 Å². The third-order valence-electron chi connectivity index (χ3n) is 5.59. The van der Waals surface area contributed by atoms with Gasteiger partial charge >= 0.3 is 0 Å². The summed E-state index contributed by atoms with van der Waals surface area (Å²) in [5, 5.41) is 9.24. The molecule has 4 rings (SSSR count). The molecule has 2 aromatic rings. The molecule has 0 unspecified atom stereocenters. The maximum atomic E-state index is 13.1. The molecule has 2 aromatic carbocycles. The minimum atomic E-state index is -0.317. The highest BCUT2D eigenvalue weighted by molar-refractivity contribution is 6.44. The molecule has 1 fully saturated rings. The van der Waals surface area contributed by atoms with Crippen LogP contribution in [-0.2, 0) is 9.59 Å². The van der Waals surface area contributed by atoms with Crippen LogP contribution in [0.4, 0.5) is 17.1 Å². The van der Waals surface area contributed by atoms with Crippen LogP contribution in [0.3, 0.4) is 0 Å². The van der Waals surface area contributed by atoms with Crippen molar-refractivity contribution in [3.63, 3.8) is 0 Å². The highest BCUT2D eigenvalue weighted by atomic mass is 35.5. The fourth-order valence-corrected chi connectivity index (χ4v) is 3.98. The van der Waals surface area contributed by atoms with Gasteiger partial charge in [0, 0.05) is 44.0 Å². The molecule has 8 heteroatoms. The third-order valence-corrected chi connectivity index (χ3v) is 5.83. The molecule has 2 aliphatic rings. The Hall–Kier alpha value is -2.90. The normalized spacial score (nSPS) is 17.5. The summed E-state index contributed by atoms with van der Waals surface area (Å²) in [6.45, 7) is 5.61. The molecule has 31 heavy (non-hydrogen) atoms. The Morgan fingerprint density at radius 2 is 1.84 bits per heavy atom. The second-order valence-electron chi connectivity index (χ2n) is 8.00. The van der Waals surface area contributed by atoms with Gasteiger partial charge in [-0.15, -0.1) is 0 Å². The van der Waals surface area contributed by atoms with Crippen LogP contribution in [-0.4, -0.2) is 55.7 Å². The predicted molar refractivity (Wildman–Crippen MR) is 125 cm³/mol. The molecule has 2 heterocycles. The van der Waals surface area contributed by atoms with Crippen LogP contribution in [0.25, 0.3) is 0 Å². The zero-order valence-corrected chi connectivity index (χ0v) is 18.5. The zero-order chi connectivity index (χ0) is 22.0. The maximum absolute atomic E-state index is 13.1. The number of benzene rings is 2. The molecule has 7 nitrogen and oxygen atoms in total. The number of carbonyl (C=O) groups excluding carboxylic acids is 2. The van der Waals surface area contributed by atoms with E-state index in [9.17, 15) is 9.59 Å². The summed E-state index contributed by atoms with van der Waals surface area (Å²) in [4.78, 5) is 30.0. The van der Waals surface area contributed by atoms with Crippen LogP contribution < -0.4 is 15.2 Å². The Kier molecular flexibility index (Phi) is 6.25. The molecule has 0 spiro atoms. The molecule has 1 saturated heterocycles. The molecule has 2 amide bonds. The minimum absolute atomic E-state index is 0.122. The van der Waals surface area contributed by atoms with Crippen LogP contribution in [0.5, 0.6) is 0 Å². The number of piperazine rings is 1. The summed E-state index contributed by atoms with van der Waals surface area (Å²) in [6, 6.07) is 13.1. The van der Waals surface area contributed by atoms with Crippen LogP contribution in [0, 0.1) is 6.92 Å². The summed E-state index contributed by atoms with van der Waals surface area (Å²) in [5.74, 6) is -0.439. The van der Waals surface area contributed by atoms with Crippen LogP contribution >= 0.6 is 11.6 Å². The summed E-state index contributed by atoms with van der Waals surface area (Å²) in [5.41, 5.74) is 3.60. The average Bonchev–Trinajstić information content (AvgIpc) is 2.75. The number of nitrogens with zero attached hydrogens (tertiary/aromatic N) is 4. The summed E-state index contributed by atoms with van der Waals surface area (Å²) in [6.07, 6.45) is 0.540. The number of anilines is 3. The number of hydrazone groups is 1. The van der Waals surface area contributed by atoms with Gasteiger partial charge in [0.15, 0.2) is 0 Å². The second kappa shape index (κ2) is 9.08. The lowest BCUT2D eigenvalue weighted by Crippen LogP contribution is -2.44. The van der Waals surface area contributed by atoms with Crippen molar-refractivity contribution in [1.82, 2.24) is 4.90 Å². The summed E-state index contributed by atoms with van der Waals surface area (Å²) >= 11 is 6.22. The topological polar surface area (TPSA) is 68.2 Å². The molecule has 0 aliphatic carbocycles. The molecule has 1 N–H and O–H groups in total. The number of likely N-dealkylation sites (N-methyl/N-ethyl adjacent to an activating group) is 1. The van der Waals surface area contributed by atoms with Crippen molar-refractivity contribution < 1.29 is 9.59 Å². The molecule has 0 saturated carbocycles. The van der Waals surface area contributed by atoms with Gasteiger partial charge in [-0.25, -0.2) is 5.01 Å². The van der Waals surface area contributed by atoms with E-state index in [2.05, 4.69) is 27.3 Å². The van der Waals surface area contributed by atoms with Crippen molar-refractivity contribution in [2.75, 3.05) is 48.5 Å². The number of nitrogens with one attached hydrogen (secondary N) is 1. The molecule has 0 radical (unpaired) electrons. The Morgan fingerprint density at radius 1 is 1.06 bits per heavy atom. The van der Waals surface area contributed by atoms with Crippen molar-refractivity contribution in [1.29, 1.82) is 0 Å². The number of hydrogen-bond donors (Lipinski definition) is 1. The highest BCUT2D eigenvalue weighted by Crippen LogP contribution is 2.30. The Labute approximate surface area is 187 Å². The fourth-order valence-electron chi connectivity index (χ4n) is 3.80. The van der Waals surface area contributed by atoms with Gasteiger partial charge in [0.1, 0.15) is 5.71 Å². The smallest absolute Gasteiger partial charge is 0.271 e. The molecule has 2 aliphatic heterocycles. The first-order valence-corrected chi connectivity index (χ1v) is 10.8. The number of halogens is 1. The van der Waals surface area contributed by atoms with E-state index in [4.69, 9.17) is 11.6 Å². The lowest BCUT2D eigenvalue weighted by atomic mass is 10.1. The number of amides is 2. The van der Waals surface area contributed by atoms with Gasteiger partial charge in [0.2, 0.25) is 5.91 Å².